The highest BCUT2D eigenvalue weighted by molar-refractivity contribution is 7.90. The summed E-state index contributed by atoms with van der Waals surface area (Å²) in [4.78, 5) is 20.2. The van der Waals surface area contributed by atoms with Crippen molar-refractivity contribution in [1.82, 2.24) is 20.6 Å². The number of amides is 1. The Morgan fingerprint density at radius 3 is 2.39 bits per heavy atom. The number of carbonyl (C=O) groups is 1. The molecule has 33 heavy (non-hydrogen) atoms. The van der Waals surface area contributed by atoms with Gasteiger partial charge in [-0.15, -0.1) is 0 Å². The quantitative estimate of drug-likeness (QED) is 0.520. The Morgan fingerprint density at radius 2 is 1.88 bits per heavy atom. The first-order valence-corrected chi connectivity index (χ1v) is 11.5. The summed E-state index contributed by atoms with van der Waals surface area (Å²) in [5.74, 6) is -3.43. The minimum atomic E-state index is -4.93. The van der Waals surface area contributed by atoms with Gasteiger partial charge < -0.3 is 5.32 Å². The molecular formula is C20H19F4N5O3S. The highest BCUT2D eigenvalue weighted by atomic mass is 32.2. The molecule has 0 spiro atoms. The summed E-state index contributed by atoms with van der Waals surface area (Å²) in [6.45, 7) is 0. The minimum absolute atomic E-state index is 0.103. The average Bonchev–Trinajstić information content (AvgIpc) is 3.51. The second kappa shape index (κ2) is 9.40. The zero-order valence-corrected chi connectivity index (χ0v) is 17.8. The van der Waals surface area contributed by atoms with Gasteiger partial charge in [-0.05, 0) is 36.6 Å². The van der Waals surface area contributed by atoms with Gasteiger partial charge in [0.15, 0.2) is 9.84 Å². The number of nitrogens with one attached hydrogen (secondary N) is 2. The molecule has 1 aliphatic rings. The van der Waals surface area contributed by atoms with E-state index in [2.05, 4.69) is 20.6 Å². The van der Waals surface area contributed by atoms with Crippen molar-refractivity contribution < 1.29 is 30.8 Å². The Balaban J connectivity index is 1.89. The van der Waals surface area contributed by atoms with Gasteiger partial charge in [-0.3, -0.25) is 10.1 Å². The molecule has 2 N–H and O–H groups in total. The summed E-state index contributed by atoms with van der Waals surface area (Å²) in [6.07, 6.45) is -1.91. The number of aromatic nitrogens is 2. The second-order valence-electron chi connectivity index (χ2n) is 7.68. The number of nitriles is 1. The van der Waals surface area contributed by atoms with Gasteiger partial charge in [-0.25, -0.2) is 22.8 Å². The number of rotatable bonds is 9. The smallest absolute Gasteiger partial charge is 0.336 e. The van der Waals surface area contributed by atoms with Crippen molar-refractivity contribution in [3.63, 3.8) is 0 Å². The molecule has 0 saturated heterocycles. The van der Waals surface area contributed by atoms with E-state index < -0.39 is 62.4 Å². The molecule has 2 atom stereocenters. The third kappa shape index (κ3) is 6.69. The van der Waals surface area contributed by atoms with E-state index in [9.17, 15) is 36.0 Å². The molecule has 1 aliphatic carbocycles. The second-order valence-corrected chi connectivity index (χ2v) is 9.79. The normalized spacial score (nSPS) is 16.9. The lowest BCUT2D eigenvalue weighted by atomic mass is 10.0. The molecular weight excluding hydrogens is 466 g/mol. The molecule has 1 heterocycles. The molecule has 13 heteroatoms. The SMILES string of the molecule is N#CC1(NC(=O)[C@H](CS(=O)(=O)Cc2ccncn2)N[C@@H](c2ccc(F)cc2)C(F)(F)F)CC1. The first-order chi connectivity index (χ1) is 15.4. The maximum absolute atomic E-state index is 13.8. The lowest BCUT2D eigenvalue weighted by Gasteiger charge is -2.28. The summed E-state index contributed by atoms with van der Waals surface area (Å²) >= 11 is 0. The lowest BCUT2D eigenvalue weighted by Crippen LogP contribution is -2.54. The molecule has 1 aromatic carbocycles. The number of alkyl halides is 3. The molecule has 8 nitrogen and oxygen atoms in total. The monoisotopic (exact) mass is 485 g/mol. The third-order valence-electron chi connectivity index (χ3n) is 4.97. The van der Waals surface area contributed by atoms with Crippen LogP contribution in [0.15, 0.2) is 42.9 Å². The van der Waals surface area contributed by atoms with Crippen molar-refractivity contribution in [2.45, 2.75) is 42.4 Å². The van der Waals surface area contributed by atoms with Crippen molar-refractivity contribution in [3.05, 3.63) is 59.9 Å². The molecule has 1 amide bonds. The molecule has 1 fully saturated rings. The number of hydrogen-bond acceptors (Lipinski definition) is 7. The zero-order valence-electron chi connectivity index (χ0n) is 17.0. The van der Waals surface area contributed by atoms with Crippen molar-refractivity contribution in [2.24, 2.45) is 0 Å². The number of nitrogens with zero attached hydrogens (tertiary/aromatic N) is 3. The predicted octanol–water partition coefficient (Wildman–Crippen LogP) is 1.96. The largest absolute Gasteiger partial charge is 0.407 e. The van der Waals surface area contributed by atoms with E-state index in [0.29, 0.717) is 12.8 Å². The van der Waals surface area contributed by atoms with Gasteiger partial charge in [-0.1, -0.05) is 12.1 Å². The number of sulfone groups is 1. The molecule has 176 valence electrons. The molecule has 0 unspecified atom stereocenters. The minimum Gasteiger partial charge on any atom is -0.336 e. The summed E-state index contributed by atoms with van der Waals surface area (Å²) in [5.41, 5.74) is -1.53. The van der Waals surface area contributed by atoms with E-state index in [1.165, 1.54) is 12.3 Å². The fraction of sp³-hybridized carbons (Fsp3) is 0.400. The Hall–Kier alpha value is -3.11. The van der Waals surface area contributed by atoms with Gasteiger partial charge in [-0.2, -0.15) is 18.4 Å². The Kier molecular flexibility index (Phi) is 6.99. The van der Waals surface area contributed by atoms with Crippen LogP contribution in [0.1, 0.15) is 30.1 Å². The summed E-state index contributed by atoms with van der Waals surface area (Å²) < 4.78 is 80.1. The van der Waals surface area contributed by atoms with E-state index in [-0.39, 0.29) is 5.69 Å². The van der Waals surface area contributed by atoms with Gasteiger partial charge in [0.05, 0.1) is 23.3 Å². The highest BCUT2D eigenvalue weighted by Gasteiger charge is 2.48. The van der Waals surface area contributed by atoms with Gasteiger partial charge >= 0.3 is 6.18 Å². The number of benzene rings is 1. The van der Waals surface area contributed by atoms with Gasteiger partial charge in [0.25, 0.3) is 0 Å². The van der Waals surface area contributed by atoms with Crippen LogP contribution in [0.5, 0.6) is 0 Å². The Morgan fingerprint density at radius 1 is 1.21 bits per heavy atom. The molecule has 0 aliphatic heterocycles. The predicted molar refractivity (Wildman–Crippen MR) is 107 cm³/mol. The molecule has 0 bridgehead atoms. The highest BCUT2D eigenvalue weighted by Crippen LogP contribution is 2.35. The van der Waals surface area contributed by atoms with Crippen LogP contribution in [0.25, 0.3) is 0 Å². The van der Waals surface area contributed by atoms with Crippen LogP contribution in [0.4, 0.5) is 17.6 Å². The van der Waals surface area contributed by atoms with Crippen molar-refractivity contribution in [3.8, 4) is 6.07 Å². The standard InChI is InChI=1S/C20H19F4N5O3S/c21-14-3-1-13(2-4-14)17(20(22,23)24)28-16(18(30)29-19(11-25)6-7-19)10-33(31,32)9-15-5-8-26-12-27-15/h1-5,8,12,16-17,28H,6-7,9-10H2,(H,29,30)/t16-,17-/m0/s1. The van der Waals surface area contributed by atoms with Crippen LogP contribution in [-0.2, 0) is 20.4 Å². The maximum atomic E-state index is 13.8. The topological polar surface area (TPSA) is 125 Å². The van der Waals surface area contributed by atoms with E-state index in [0.717, 1.165) is 30.6 Å². The van der Waals surface area contributed by atoms with Crippen LogP contribution in [-0.4, -0.2) is 47.8 Å². The van der Waals surface area contributed by atoms with Crippen LogP contribution in [0.3, 0.4) is 0 Å². The molecule has 0 radical (unpaired) electrons. The average molecular weight is 485 g/mol. The molecule has 2 aromatic rings. The fourth-order valence-corrected chi connectivity index (χ4v) is 4.58. The fourth-order valence-electron chi connectivity index (χ4n) is 3.09. The first kappa shape index (κ1) is 24.5. The van der Waals surface area contributed by atoms with Crippen molar-refractivity contribution >= 4 is 15.7 Å². The van der Waals surface area contributed by atoms with Gasteiger partial charge in [0, 0.05) is 6.20 Å². The Labute approximate surface area is 187 Å². The lowest BCUT2D eigenvalue weighted by molar-refractivity contribution is -0.160. The first-order valence-electron chi connectivity index (χ1n) is 9.70. The van der Waals surface area contributed by atoms with E-state index in [1.54, 1.807) is 0 Å². The van der Waals surface area contributed by atoms with Gasteiger partial charge in [0.2, 0.25) is 5.91 Å². The summed E-state index contributed by atoms with van der Waals surface area (Å²) in [6, 6.07) is 2.32. The maximum Gasteiger partial charge on any atom is 0.407 e. The molecule has 1 saturated carbocycles. The van der Waals surface area contributed by atoms with Gasteiger partial charge in [0.1, 0.15) is 29.8 Å². The molecule has 1 aromatic heterocycles. The number of halogens is 4. The third-order valence-corrected chi connectivity index (χ3v) is 6.55. The van der Waals surface area contributed by atoms with Crippen LogP contribution in [0.2, 0.25) is 0 Å². The van der Waals surface area contributed by atoms with Crippen molar-refractivity contribution in [2.75, 3.05) is 5.75 Å². The van der Waals surface area contributed by atoms with Crippen LogP contribution < -0.4 is 10.6 Å². The van der Waals surface area contributed by atoms with E-state index in [1.807, 2.05) is 6.07 Å². The van der Waals surface area contributed by atoms with Crippen LogP contribution in [0, 0.1) is 17.1 Å². The summed E-state index contributed by atoms with van der Waals surface area (Å²) in [7, 11) is -4.12. The van der Waals surface area contributed by atoms with Crippen LogP contribution >= 0.6 is 0 Å². The van der Waals surface area contributed by atoms with E-state index >= 15 is 0 Å². The molecule has 3 rings (SSSR count). The number of hydrogen-bond donors (Lipinski definition) is 2. The zero-order chi connectivity index (χ0) is 24.3. The van der Waals surface area contributed by atoms with Crippen molar-refractivity contribution in [1.29, 1.82) is 5.26 Å². The van der Waals surface area contributed by atoms with E-state index in [4.69, 9.17) is 0 Å². The summed E-state index contributed by atoms with van der Waals surface area (Å²) in [5, 5.41) is 13.6. The Bertz CT molecular complexity index is 1130. The number of carbonyl (C=O) groups excluding carboxylic acids is 1.